The van der Waals surface area contributed by atoms with E-state index in [2.05, 4.69) is 15.4 Å². The highest BCUT2D eigenvalue weighted by Crippen LogP contribution is 2.19. The number of aromatic nitrogens is 3. The summed E-state index contributed by atoms with van der Waals surface area (Å²) in [4.78, 5) is 29.9. The minimum Gasteiger partial charge on any atom is -0.346 e. The molecule has 1 N–H and O–H groups in total. The third kappa shape index (κ3) is 4.47. The van der Waals surface area contributed by atoms with Gasteiger partial charge < -0.3 is 5.32 Å². The van der Waals surface area contributed by atoms with Crippen LogP contribution >= 0.6 is 0 Å². The van der Waals surface area contributed by atoms with Crippen LogP contribution in [-0.4, -0.2) is 20.7 Å². The highest BCUT2D eigenvalue weighted by Gasteiger charge is 2.13. The monoisotopic (exact) mass is 446 g/mol. The Labute approximate surface area is 196 Å². The minimum absolute atomic E-state index is 0.175. The highest BCUT2D eigenvalue weighted by molar-refractivity contribution is 5.95. The smallest absolute Gasteiger partial charge is 0.274 e. The molecule has 0 radical (unpaired) electrons. The molecule has 0 unspecified atom stereocenters. The van der Waals surface area contributed by atoms with Gasteiger partial charge in [-0.15, -0.1) is 0 Å². The van der Waals surface area contributed by atoms with Crippen molar-refractivity contribution in [3.05, 3.63) is 131 Å². The van der Waals surface area contributed by atoms with Gasteiger partial charge in [0.15, 0.2) is 0 Å². The van der Waals surface area contributed by atoms with E-state index in [9.17, 15) is 9.59 Å². The van der Waals surface area contributed by atoms with Gasteiger partial charge in [0.2, 0.25) is 0 Å². The first-order valence-corrected chi connectivity index (χ1v) is 11.0. The van der Waals surface area contributed by atoms with Crippen LogP contribution in [0.2, 0.25) is 0 Å². The molecule has 5 rings (SSSR count). The van der Waals surface area contributed by atoms with Gasteiger partial charge in [0, 0.05) is 23.3 Å². The summed E-state index contributed by atoms with van der Waals surface area (Å²) in [5, 5.41) is 8.82. The van der Waals surface area contributed by atoms with Crippen molar-refractivity contribution < 1.29 is 4.79 Å². The van der Waals surface area contributed by atoms with Crippen LogP contribution in [0.3, 0.4) is 0 Å². The molecule has 6 nitrogen and oxygen atoms in total. The Morgan fingerprint density at radius 2 is 1.50 bits per heavy atom. The predicted octanol–water partition coefficient (Wildman–Crippen LogP) is 4.44. The zero-order valence-electron chi connectivity index (χ0n) is 18.4. The number of carbonyl (C=O) groups is 1. The van der Waals surface area contributed by atoms with Crippen LogP contribution in [-0.2, 0) is 13.1 Å². The lowest BCUT2D eigenvalue weighted by molar-refractivity contribution is 0.0950. The average Bonchev–Trinajstić information content (AvgIpc) is 2.90. The lowest BCUT2D eigenvalue weighted by Gasteiger charge is -2.12. The zero-order chi connectivity index (χ0) is 23.3. The fourth-order valence-electron chi connectivity index (χ4n) is 3.92. The fraction of sp³-hybridized carbons (Fsp3) is 0.0714. The molecule has 0 spiro atoms. The Morgan fingerprint density at radius 1 is 0.794 bits per heavy atom. The van der Waals surface area contributed by atoms with E-state index < -0.39 is 0 Å². The van der Waals surface area contributed by atoms with Crippen molar-refractivity contribution in [2.45, 2.75) is 13.1 Å². The van der Waals surface area contributed by atoms with Crippen molar-refractivity contribution in [1.29, 1.82) is 0 Å². The van der Waals surface area contributed by atoms with Gasteiger partial charge in [-0.3, -0.25) is 14.6 Å². The molecular weight excluding hydrogens is 424 g/mol. The molecular formula is C28H22N4O2. The number of nitrogens with one attached hydrogen (secondary N) is 1. The number of pyridine rings is 1. The van der Waals surface area contributed by atoms with Gasteiger partial charge in [0.05, 0.1) is 24.2 Å². The van der Waals surface area contributed by atoms with Crippen LogP contribution in [0.1, 0.15) is 21.6 Å². The van der Waals surface area contributed by atoms with Crippen molar-refractivity contribution in [2.24, 2.45) is 0 Å². The maximum Gasteiger partial charge on any atom is 0.274 e. The summed E-state index contributed by atoms with van der Waals surface area (Å²) in [6.45, 7) is 0.506. The van der Waals surface area contributed by atoms with Gasteiger partial charge in [0.25, 0.3) is 11.5 Å². The van der Waals surface area contributed by atoms with Crippen molar-refractivity contribution in [3.63, 3.8) is 0 Å². The van der Waals surface area contributed by atoms with Gasteiger partial charge in [-0.1, -0.05) is 66.7 Å². The number of benzene rings is 3. The molecule has 0 saturated heterocycles. The molecule has 0 aliphatic rings. The van der Waals surface area contributed by atoms with Gasteiger partial charge in [-0.2, -0.15) is 5.10 Å². The molecule has 34 heavy (non-hydrogen) atoms. The first kappa shape index (κ1) is 21.3. The standard InChI is InChI=1S/C28H22N4O2/c33-27(23-14-12-22(13-15-23)21-8-2-1-3-9-21)30-18-26-24-10-4-5-11-25(24)28(34)32(31-26)19-20-7-6-16-29-17-20/h1-17H,18-19H2,(H,30,33). The summed E-state index contributed by atoms with van der Waals surface area (Å²) in [5.41, 5.74) is 4.04. The normalized spacial score (nSPS) is 10.8. The van der Waals surface area contributed by atoms with Crippen LogP contribution < -0.4 is 10.9 Å². The lowest BCUT2D eigenvalue weighted by atomic mass is 10.0. The molecule has 0 saturated carbocycles. The Morgan fingerprint density at radius 3 is 2.24 bits per heavy atom. The summed E-state index contributed by atoms with van der Waals surface area (Å²) < 4.78 is 1.43. The van der Waals surface area contributed by atoms with Crippen LogP contribution in [0.25, 0.3) is 21.9 Å². The largest absolute Gasteiger partial charge is 0.346 e. The predicted molar refractivity (Wildman–Crippen MR) is 132 cm³/mol. The molecule has 6 heteroatoms. The van der Waals surface area contributed by atoms with E-state index in [1.54, 1.807) is 18.5 Å². The van der Waals surface area contributed by atoms with Gasteiger partial charge in [0.1, 0.15) is 0 Å². The van der Waals surface area contributed by atoms with Gasteiger partial charge in [-0.05, 0) is 41.0 Å². The summed E-state index contributed by atoms with van der Waals surface area (Å²) in [6.07, 6.45) is 3.40. The number of hydrogen-bond donors (Lipinski definition) is 1. The zero-order valence-corrected chi connectivity index (χ0v) is 18.4. The van der Waals surface area contributed by atoms with Crippen molar-refractivity contribution >= 4 is 16.7 Å². The quantitative estimate of drug-likeness (QED) is 0.418. The topological polar surface area (TPSA) is 76.9 Å². The van der Waals surface area contributed by atoms with E-state index in [0.29, 0.717) is 23.2 Å². The van der Waals surface area contributed by atoms with E-state index in [1.165, 1.54) is 4.68 Å². The molecule has 0 bridgehead atoms. The van der Waals surface area contributed by atoms with E-state index in [1.807, 2.05) is 84.9 Å². The maximum absolute atomic E-state index is 13.0. The SMILES string of the molecule is O=C(NCc1nn(Cc2cccnc2)c(=O)c2ccccc12)c1ccc(-c2ccccc2)cc1. The second-order valence-electron chi connectivity index (χ2n) is 7.94. The van der Waals surface area contributed by atoms with Crippen molar-refractivity contribution in [3.8, 4) is 11.1 Å². The Bertz CT molecular complexity index is 1500. The third-order valence-corrected chi connectivity index (χ3v) is 5.67. The molecule has 0 aliphatic carbocycles. The maximum atomic E-state index is 13.0. The number of fused-ring (bicyclic) bond motifs is 1. The van der Waals surface area contributed by atoms with E-state index in [0.717, 1.165) is 22.1 Å². The number of hydrogen-bond acceptors (Lipinski definition) is 4. The highest BCUT2D eigenvalue weighted by atomic mass is 16.1. The lowest BCUT2D eigenvalue weighted by Crippen LogP contribution is -2.29. The number of amides is 1. The van der Waals surface area contributed by atoms with Crippen LogP contribution in [0.15, 0.2) is 108 Å². The van der Waals surface area contributed by atoms with E-state index in [-0.39, 0.29) is 18.0 Å². The van der Waals surface area contributed by atoms with Gasteiger partial charge >= 0.3 is 0 Å². The molecule has 2 aromatic heterocycles. The average molecular weight is 447 g/mol. The van der Waals surface area contributed by atoms with Crippen LogP contribution in [0.5, 0.6) is 0 Å². The summed E-state index contributed by atoms with van der Waals surface area (Å²) in [6, 6.07) is 28.6. The number of carbonyl (C=O) groups excluding carboxylic acids is 1. The van der Waals surface area contributed by atoms with E-state index in [4.69, 9.17) is 0 Å². The summed E-state index contributed by atoms with van der Waals surface area (Å²) >= 11 is 0. The third-order valence-electron chi connectivity index (χ3n) is 5.67. The Kier molecular flexibility index (Phi) is 5.95. The Balaban J connectivity index is 1.38. The van der Waals surface area contributed by atoms with Gasteiger partial charge in [-0.25, -0.2) is 4.68 Å². The molecule has 166 valence electrons. The number of rotatable bonds is 6. The molecule has 0 fully saturated rings. The number of nitrogens with zero attached hydrogens (tertiary/aromatic N) is 3. The van der Waals surface area contributed by atoms with Crippen LogP contribution in [0, 0.1) is 0 Å². The molecule has 5 aromatic rings. The Hall–Kier alpha value is -4.58. The second kappa shape index (κ2) is 9.50. The van der Waals surface area contributed by atoms with Crippen molar-refractivity contribution in [1.82, 2.24) is 20.1 Å². The summed E-state index contributed by atoms with van der Waals surface area (Å²) in [7, 11) is 0. The molecule has 0 aliphatic heterocycles. The molecule has 3 aromatic carbocycles. The summed E-state index contributed by atoms with van der Waals surface area (Å²) in [5.74, 6) is -0.199. The molecule has 2 heterocycles. The molecule has 1 amide bonds. The first-order chi connectivity index (χ1) is 16.7. The van der Waals surface area contributed by atoms with Crippen molar-refractivity contribution in [2.75, 3.05) is 0 Å². The molecule has 0 atom stereocenters. The first-order valence-electron chi connectivity index (χ1n) is 11.0. The van der Waals surface area contributed by atoms with E-state index >= 15 is 0 Å². The fourth-order valence-corrected chi connectivity index (χ4v) is 3.92. The van der Waals surface area contributed by atoms with Crippen LogP contribution in [0.4, 0.5) is 0 Å². The second-order valence-corrected chi connectivity index (χ2v) is 7.94. The minimum atomic E-state index is -0.199.